The van der Waals surface area contributed by atoms with Crippen LogP contribution in [0.2, 0.25) is 0 Å². The predicted molar refractivity (Wildman–Crippen MR) is 159 cm³/mol. The monoisotopic (exact) mass is 572 g/mol. The molecular weight excluding hydrogens is 516 g/mol. The molecule has 3 atom stereocenters. The summed E-state index contributed by atoms with van der Waals surface area (Å²) in [5.74, 6) is 0. The molecule has 0 aliphatic carbocycles. The van der Waals surface area contributed by atoms with E-state index in [1.54, 1.807) is 19.0 Å². The Morgan fingerprint density at radius 3 is 1.18 bits per heavy atom. The molecule has 0 amide bonds. The molecule has 1 aromatic rings. The van der Waals surface area contributed by atoms with Gasteiger partial charge < -0.3 is 30.0 Å². The van der Waals surface area contributed by atoms with Gasteiger partial charge in [0.2, 0.25) is 0 Å². The summed E-state index contributed by atoms with van der Waals surface area (Å²) in [7, 11) is 7.28. The van der Waals surface area contributed by atoms with Crippen molar-refractivity contribution < 1.29 is 15.3 Å². The van der Waals surface area contributed by atoms with Crippen molar-refractivity contribution in [3.63, 3.8) is 0 Å². The Hall–Kier alpha value is -1.83. The normalized spacial score (nSPS) is 14.4. The molecule has 1 aromatic heterocycles. The Morgan fingerprint density at radius 2 is 0.875 bits per heavy atom. The van der Waals surface area contributed by atoms with Crippen molar-refractivity contribution in [3.05, 3.63) is 31.5 Å². The number of hydrogen-bond donors (Lipinski definition) is 3. The molecule has 1 rings (SSSR count). The van der Waals surface area contributed by atoms with Crippen LogP contribution in [0.1, 0.15) is 65.2 Å². The van der Waals surface area contributed by atoms with Crippen LogP contribution in [0.4, 0.5) is 0 Å². The van der Waals surface area contributed by atoms with Gasteiger partial charge in [-0.1, -0.05) is 52.4 Å². The summed E-state index contributed by atoms with van der Waals surface area (Å²) in [5, 5.41) is 32.0. The quantitative estimate of drug-likeness (QED) is 0.162. The van der Waals surface area contributed by atoms with Gasteiger partial charge in [0, 0.05) is 19.6 Å². The molecule has 3 N–H and O–H groups in total. The van der Waals surface area contributed by atoms with Crippen LogP contribution in [0.25, 0.3) is 0 Å². The van der Waals surface area contributed by atoms with Crippen LogP contribution >= 0.6 is 0 Å². The van der Waals surface area contributed by atoms with Gasteiger partial charge in [-0.25, -0.2) is 28.1 Å². The van der Waals surface area contributed by atoms with Crippen molar-refractivity contribution in [1.82, 2.24) is 28.4 Å². The molecule has 234 valence electrons. The summed E-state index contributed by atoms with van der Waals surface area (Å²) in [4.78, 5) is 45.5. The molecule has 0 aliphatic rings. The molecule has 0 aliphatic heterocycles. The van der Waals surface area contributed by atoms with E-state index in [0.29, 0.717) is 0 Å². The molecule has 0 spiro atoms. The second kappa shape index (κ2) is 19.3. The number of unbranched alkanes of at least 4 members (excludes halogenated alkanes) is 6. The fourth-order valence-corrected chi connectivity index (χ4v) is 4.90. The van der Waals surface area contributed by atoms with Gasteiger partial charge in [-0.15, -0.1) is 0 Å². The van der Waals surface area contributed by atoms with Crippen LogP contribution in [0, 0.1) is 0 Å². The molecule has 0 fully saturated rings. The summed E-state index contributed by atoms with van der Waals surface area (Å²) in [5.41, 5.74) is -2.63. The first kappa shape index (κ1) is 36.2. The Bertz CT molecular complexity index is 940. The van der Waals surface area contributed by atoms with Gasteiger partial charge in [-0.05, 0) is 54.1 Å². The number of aromatic nitrogens is 3. The number of nitrogens with zero attached hydrogens (tertiary/aromatic N) is 6. The summed E-state index contributed by atoms with van der Waals surface area (Å²) >= 11 is 0. The molecule has 12 heteroatoms. The standard InChI is InChI=1S/C28H56N6O6/c1-7-9-11-13-15-30(5)18-24(36)21-33-26(38)32(20-23(35)17-29(3)4)27(39)34(28(33)40)22-25(37)19-31(6)16-14-12-10-8-2/h23-25,35-37H,7-22H2,1-6H3. The van der Waals surface area contributed by atoms with Gasteiger partial charge in [0.25, 0.3) is 0 Å². The van der Waals surface area contributed by atoms with E-state index in [0.717, 1.165) is 78.2 Å². The van der Waals surface area contributed by atoms with Crippen molar-refractivity contribution in [2.24, 2.45) is 0 Å². The highest BCUT2D eigenvalue weighted by molar-refractivity contribution is 4.83. The van der Waals surface area contributed by atoms with E-state index in [4.69, 9.17) is 0 Å². The first-order chi connectivity index (χ1) is 18.9. The zero-order valence-electron chi connectivity index (χ0n) is 25.8. The van der Waals surface area contributed by atoms with Gasteiger partial charge in [0.15, 0.2) is 0 Å². The molecule has 0 bridgehead atoms. The summed E-state index contributed by atoms with van der Waals surface area (Å²) in [6.45, 7) is 5.67. The van der Waals surface area contributed by atoms with E-state index in [-0.39, 0.29) is 39.3 Å². The highest BCUT2D eigenvalue weighted by atomic mass is 16.3. The van der Waals surface area contributed by atoms with Crippen LogP contribution in [0.15, 0.2) is 14.4 Å². The van der Waals surface area contributed by atoms with E-state index < -0.39 is 35.4 Å². The summed E-state index contributed by atoms with van der Waals surface area (Å²) < 4.78 is 2.53. The lowest BCUT2D eigenvalue weighted by atomic mass is 10.2. The lowest BCUT2D eigenvalue weighted by molar-refractivity contribution is 0.0923. The van der Waals surface area contributed by atoms with Crippen LogP contribution in [0.3, 0.4) is 0 Å². The van der Waals surface area contributed by atoms with Crippen LogP contribution in [-0.2, 0) is 19.6 Å². The van der Waals surface area contributed by atoms with E-state index in [1.807, 2.05) is 23.9 Å². The van der Waals surface area contributed by atoms with Gasteiger partial charge in [-0.2, -0.15) is 0 Å². The molecule has 0 saturated carbocycles. The first-order valence-corrected chi connectivity index (χ1v) is 14.9. The average molecular weight is 573 g/mol. The topological polar surface area (TPSA) is 136 Å². The lowest BCUT2D eigenvalue weighted by Crippen LogP contribution is -2.58. The molecule has 0 radical (unpaired) electrons. The third-order valence-electron chi connectivity index (χ3n) is 6.97. The van der Waals surface area contributed by atoms with E-state index >= 15 is 0 Å². The van der Waals surface area contributed by atoms with Crippen molar-refractivity contribution in [2.45, 2.75) is 103 Å². The molecule has 1 heterocycles. The number of aliphatic hydroxyl groups is 3. The Kier molecular flexibility index (Phi) is 17.5. The van der Waals surface area contributed by atoms with E-state index in [2.05, 4.69) is 13.8 Å². The highest BCUT2D eigenvalue weighted by Crippen LogP contribution is 2.03. The van der Waals surface area contributed by atoms with Crippen molar-refractivity contribution in [1.29, 1.82) is 0 Å². The maximum atomic E-state index is 13.3. The van der Waals surface area contributed by atoms with Crippen LogP contribution < -0.4 is 17.1 Å². The summed E-state index contributed by atoms with van der Waals surface area (Å²) in [6.07, 6.45) is 5.65. The third-order valence-corrected chi connectivity index (χ3v) is 6.97. The van der Waals surface area contributed by atoms with Crippen molar-refractivity contribution in [2.75, 3.05) is 60.9 Å². The van der Waals surface area contributed by atoms with Gasteiger partial charge in [-0.3, -0.25) is 0 Å². The molecule has 3 unspecified atom stereocenters. The van der Waals surface area contributed by atoms with Gasteiger partial charge in [0.05, 0.1) is 37.9 Å². The second-order valence-electron chi connectivity index (χ2n) is 11.5. The minimum atomic E-state index is -1.03. The Morgan fingerprint density at radius 1 is 0.550 bits per heavy atom. The fraction of sp³-hybridized carbons (Fsp3) is 0.893. The SMILES string of the molecule is CCCCCCN(C)CC(O)Cn1c(=O)n(CC(O)CN(C)C)c(=O)n(CC(O)CN(C)CCCCCC)c1=O. The van der Waals surface area contributed by atoms with Crippen molar-refractivity contribution >= 4 is 0 Å². The number of hydrogen-bond acceptors (Lipinski definition) is 9. The molecule has 0 saturated heterocycles. The maximum Gasteiger partial charge on any atom is 0.336 e. The number of likely N-dealkylation sites (N-methyl/N-ethyl adjacent to an activating group) is 3. The second-order valence-corrected chi connectivity index (χ2v) is 11.5. The molecule has 0 aromatic carbocycles. The minimum Gasteiger partial charge on any atom is -0.390 e. The van der Waals surface area contributed by atoms with E-state index in [9.17, 15) is 29.7 Å². The fourth-order valence-electron chi connectivity index (χ4n) is 4.90. The summed E-state index contributed by atoms with van der Waals surface area (Å²) in [6, 6.07) is 0. The number of rotatable bonds is 22. The van der Waals surface area contributed by atoms with Gasteiger partial charge >= 0.3 is 17.1 Å². The largest absolute Gasteiger partial charge is 0.390 e. The zero-order chi connectivity index (χ0) is 30.2. The lowest BCUT2D eigenvalue weighted by Gasteiger charge is -2.23. The molecular formula is C28H56N6O6. The highest BCUT2D eigenvalue weighted by Gasteiger charge is 2.22. The van der Waals surface area contributed by atoms with Crippen LogP contribution in [-0.4, -0.2) is 123 Å². The Labute approximate surface area is 239 Å². The first-order valence-electron chi connectivity index (χ1n) is 14.9. The zero-order valence-corrected chi connectivity index (χ0v) is 25.8. The third kappa shape index (κ3) is 13.2. The van der Waals surface area contributed by atoms with Crippen molar-refractivity contribution in [3.8, 4) is 0 Å². The molecule has 40 heavy (non-hydrogen) atoms. The van der Waals surface area contributed by atoms with Gasteiger partial charge in [0.1, 0.15) is 0 Å². The predicted octanol–water partition coefficient (Wildman–Crippen LogP) is -0.160. The minimum absolute atomic E-state index is 0.210. The smallest absolute Gasteiger partial charge is 0.336 e. The molecule has 12 nitrogen and oxygen atoms in total. The van der Waals surface area contributed by atoms with Crippen LogP contribution in [0.5, 0.6) is 0 Å². The van der Waals surface area contributed by atoms with E-state index in [1.165, 1.54) is 0 Å². The maximum absolute atomic E-state index is 13.3. The Balaban J connectivity index is 3.18. The number of aliphatic hydroxyl groups excluding tert-OH is 3. The average Bonchev–Trinajstić information content (AvgIpc) is 2.87.